The van der Waals surface area contributed by atoms with E-state index in [1.807, 2.05) is 0 Å². The van der Waals surface area contributed by atoms with Gasteiger partial charge >= 0.3 is 0 Å². The fourth-order valence-electron chi connectivity index (χ4n) is 1.72. The van der Waals surface area contributed by atoms with Crippen molar-refractivity contribution in [2.75, 3.05) is 0 Å². The zero-order chi connectivity index (χ0) is 12.6. The van der Waals surface area contributed by atoms with Gasteiger partial charge in [0.25, 0.3) is 15.5 Å². The molecule has 0 saturated heterocycles. The second-order valence-electron chi connectivity index (χ2n) is 3.74. The van der Waals surface area contributed by atoms with E-state index in [2.05, 4.69) is 0 Å². The van der Waals surface area contributed by atoms with Crippen LogP contribution in [0.4, 0.5) is 8.78 Å². The van der Waals surface area contributed by atoms with Crippen LogP contribution in [0.25, 0.3) is 0 Å². The van der Waals surface area contributed by atoms with Crippen molar-refractivity contribution in [3.8, 4) is 5.75 Å². The van der Waals surface area contributed by atoms with Crippen molar-refractivity contribution in [3.63, 3.8) is 0 Å². The van der Waals surface area contributed by atoms with Crippen molar-refractivity contribution in [2.24, 2.45) is 0 Å². The summed E-state index contributed by atoms with van der Waals surface area (Å²) in [6.07, 6.45) is -3.15. The Morgan fingerprint density at radius 2 is 2.12 bits per heavy atom. The number of fused-ring (bicyclic) bond motifs is 1. The lowest BCUT2D eigenvalue weighted by molar-refractivity contribution is 0.000537. The van der Waals surface area contributed by atoms with Crippen LogP contribution in [0.2, 0.25) is 0 Å². The molecule has 1 aliphatic rings. The summed E-state index contributed by atoms with van der Waals surface area (Å²) in [6.45, 7) is 0. The van der Waals surface area contributed by atoms with Gasteiger partial charge in [0.15, 0.2) is 6.10 Å². The lowest BCUT2D eigenvalue weighted by Crippen LogP contribution is -2.29. The molecular formula is C10H9ClF2O3S. The third-order valence-corrected chi connectivity index (χ3v) is 3.92. The molecule has 1 atom stereocenters. The van der Waals surface area contributed by atoms with Gasteiger partial charge in [0.1, 0.15) is 5.75 Å². The van der Waals surface area contributed by atoms with Crippen molar-refractivity contribution in [1.82, 2.24) is 0 Å². The number of ether oxygens (including phenoxy) is 1. The Balaban J connectivity index is 2.32. The minimum atomic E-state index is -3.80. The predicted molar refractivity (Wildman–Crippen MR) is 58.2 cm³/mol. The van der Waals surface area contributed by atoms with Gasteiger partial charge in [0, 0.05) is 10.7 Å². The summed E-state index contributed by atoms with van der Waals surface area (Å²) in [4.78, 5) is -0.0444. The maximum absolute atomic E-state index is 12.4. The molecule has 1 aliphatic heterocycles. The molecule has 0 spiro atoms. The van der Waals surface area contributed by atoms with E-state index in [4.69, 9.17) is 15.4 Å². The molecule has 2 rings (SSSR count). The molecule has 17 heavy (non-hydrogen) atoms. The molecule has 0 fully saturated rings. The van der Waals surface area contributed by atoms with Gasteiger partial charge < -0.3 is 4.74 Å². The van der Waals surface area contributed by atoms with Crippen LogP contribution in [0.3, 0.4) is 0 Å². The molecule has 1 aromatic carbocycles. The summed E-state index contributed by atoms with van der Waals surface area (Å²) >= 11 is 0. The van der Waals surface area contributed by atoms with Crippen molar-refractivity contribution in [2.45, 2.75) is 30.3 Å². The third-order valence-electron chi connectivity index (χ3n) is 2.57. The van der Waals surface area contributed by atoms with Gasteiger partial charge in [0.2, 0.25) is 0 Å². The van der Waals surface area contributed by atoms with E-state index in [0.717, 1.165) is 0 Å². The number of rotatable bonds is 2. The predicted octanol–water partition coefficient (Wildman–Crippen LogP) is 2.57. The van der Waals surface area contributed by atoms with E-state index in [0.29, 0.717) is 17.7 Å². The summed E-state index contributed by atoms with van der Waals surface area (Å²) in [5.41, 5.74) is 0.587. The summed E-state index contributed by atoms with van der Waals surface area (Å²) in [5, 5.41) is 0. The molecule has 1 heterocycles. The van der Waals surface area contributed by atoms with Gasteiger partial charge in [-0.15, -0.1) is 0 Å². The lowest BCUT2D eigenvalue weighted by Gasteiger charge is -2.25. The van der Waals surface area contributed by atoms with Crippen LogP contribution in [0.5, 0.6) is 5.75 Å². The molecule has 0 aliphatic carbocycles. The van der Waals surface area contributed by atoms with Gasteiger partial charge in [-0.2, -0.15) is 0 Å². The molecule has 0 N–H and O–H groups in total. The van der Waals surface area contributed by atoms with Crippen LogP contribution in [0.15, 0.2) is 23.1 Å². The van der Waals surface area contributed by atoms with E-state index in [-0.39, 0.29) is 11.3 Å². The molecule has 0 bridgehead atoms. The molecule has 0 saturated carbocycles. The molecule has 1 aromatic rings. The van der Waals surface area contributed by atoms with Crippen LogP contribution < -0.4 is 4.74 Å². The first kappa shape index (κ1) is 12.6. The van der Waals surface area contributed by atoms with Crippen molar-refractivity contribution >= 4 is 19.7 Å². The molecule has 94 valence electrons. The summed E-state index contributed by atoms with van der Waals surface area (Å²) in [5.74, 6) is 0.297. The smallest absolute Gasteiger partial charge is 0.274 e. The summed E-state index contributed by atoms with van der Waals surface area (Å²) in [7, 11) is 1.39. The second-order valence-corrected chi connectivity index (χ2v) is 6.30. The maximum Gasteiger partial charge on any atom is 0.274 e. The highest BCUT2D eigenvalue weighted by atomic mass is 35.7. The maximum atomic E-state index is 12.4. The zero-order valence-electron chi connectivity index (χ0n) is 8.57. The Morgan fingerprint density at radius 1 is 1.41 bits per heavy atom. The highest BCUT2D eigenvalue weighted by Gasteiger charge is 2.28. The fraction of sp³-hybridized carbons (Fsp3) is 0.400. The van der Waals surface area contributed by atoms with Gasteiger partial charge in [0.05, 0.1) is 4.90 Å². The lowest BCUT2D eigenvalue weighted by atomic mass is 10.0. The Hall–Kier alpha value is -0.880. The number of hydrogen-bond donors (Lipinski definition) is 0. The van der Waals surface area contributed by atoms with Gasteiger partial charge in [-0.3, -0.25) is 0 Å². The quantitative estimate of drug-likeness (QED) is 0.783. The van der Waals surface area contributed by atoms with Gasteiger partial charge in [-0.05, 0) is 36.6 Å². The molecule has 0 radical (unpaired) electrons. The fourth-order valence-corrected chi connectivity index (χ4v) is 2.52. The zero-order valence-corrected chi connectivity index (χ0v) is 10.1. The third kappa shape index (κ3) is 2.69. The average Bonchev–Trinajstić information content (AvgIpc) is 2.26. The highest BCUT2D eigenvalue weighted by Crippen LogP contribution is 2.32. The van der Waals surface area contributed by atoms with E-state index in [9.17, 15) is 17.2 Å². The van der Waals surface area contributed by atoms with Crippen LogP contribution >= 0.6 is 10.7 Å². The second kappa shape index (κ2) is 4.42. The first-order valence-corrected chi connectivity index (χ1v) is 7.21. The largest absolute Gasteiger partial charge is 0.484 e. The SMILES string of the molecule is O=S(=O)(Cl)c1ccc2c(c1)CCC(C(F)F)O2. The number of alkyl halides is 2. The monoisotopic (exact) mass is 282 g/mol. The molecule has 7 heteroatoms. The average molecular weight is 283 g/mol. The number of aryl methyl sites for hydroxylation is 1. The van der Waals surface area contributed by atoms with Crippen molar-refractivity contribution in [3.05, 3.63) is 23.8 Å². The Labute approximate surface area is 102 Å². The number of hydrogen-bond acceptors (Lipinski definition) is 3. The molecule has 3 nitrogen and oxygen atoms in total. The van der Waals surface area contributed by atoms with Crippen molar-refractivity contribution in [1.29, 1.82) is 0 Å². The summed E-state index contributed by atoms with van der Waals surface area (Å²) < 4.78 is 52.1. The van der Waals surface area contributed by atoms with Gasteiger partial charge in [-0.25, -0.2) is 17.2 Å². The topological polar surface area (TPSA) is 43.4 Å². The minimum absolute atomic E-state index is 0.0444. The molecular weight excluding hydrogens is 274 g/mol. The van der Waals surface area contributed by atoms with Crippen LogP contribution in [-0.2, 0) is 15.5 Å². The Kier molecular flexibility index (Phi) is 3.27. The molecule has 1 unspecified atom stereocenters. The van der Waals surface area contributed by atoms with E-state index >= 15 is 0 Å². The van der Waals surface area contributed by atoms with Crippen molar-refractivity contribution < 1.29 is 21.9 Å². The molecule has 0 aromatic heterocycles. The van der Waals surface area contributed by atoms with Crippen LogP contribution in [0.1, 0.15) is 12.0 Å². The first-order chi connectivity index (χ1) is 7.88. The normalized spacial score (nSPS) is 19.9. The van der Waals surface area contributed by atoms with Gasteiger partial charge in [-0.1, -0.05) is 0 Å². The number of benzene rings is 1. The molecule has 0 amide bonds. The van der Waals surface area contributed by atoms with Crippen LogP contribution in [0, 0.1) is 0 Å². The van der Waals surface area contributed by atoms with E-state index in [1.165, 1.54) is 18.2 Å². The van der Waals surface area contributed by atoms with E-state index in [1.54, 1.807) is 0 Å². The van der Waals surface area contributed by atoms with E-state index < -0.39 is 21.6 Å². The Bertz CT molecular complexity index is 530. The Morgan fingerprint density at radius 3 is 2.71 bits per heavy atom. The number of halogens is 3. The highest BCUT2D eigenvalue weighted by molar-refractivity contribution is 8.13. The minimum Gasteiger partial charge on any atom is -0.484 e. The first-order valence-electron chi connectivity index (χ1n) is 4.90. The standard InChI is InChI=1S/C10H9ClF2O3S/c11-17(14,15)7-2-4-8-6(5-7)1-3-9(16-8)10(12)13/h2,4-5,9-10H,1,3H2. The summed E-state index contributed by atoms with van der Waals surface area (Å²) in [6, 6.07) is 3.97. The van der Waals surface area contributed by atoms with Crippen LogP contribution in [-0.4, -0.2) is 20.9 Å².